The molecule has 4 atom stereocenters. The zero-order chi connectivity index (χ0) is 83.1. The topological polar surface area (TPSA) is 359 Å². The molecule has 28 nitrogen and oxygen atoms in total. The molecule has 7 aromatic carbocycles. The summed E-state index contributed by atoms with van der Waals surface area (Å²) < 4.78 is 19.2. The normalized spacial score (nSPS) is 12.2. The van der Waals surface area contributed by atoms with Crippen molar-refractivity contribution >= 4 is 123 Å². The first kappa shape index (κ1) is 78.6. The number of imidazole rings is 3. The fraction of sp³-hybridized carbons (Fsp3) is 0.124. The van der Waals surface area contributed by atoms with E-state index in [1.807, 2.05) is 123 Å². The summed E-state index contributed by atoms with van der Waals surface area (Å²) in [6, 6.07) is 59.8. The Morgan fingerprint density at radius 2 is 1.05 bits per heavy atom. The zero-order valence-electron chi connectivity index (χ0n) is 65.1. The first-order valence-corrected chi connectivity index (χ1v) is 38.9. The highest BCUT2D eigenvalue weighted by molar-refractivity contribution is 6.35. The fourth-order valence-electron chi connectivity index (χ4n) is 14.2. The lowest BCUT2D eigenvalue weighted by molar-refractivity contribution is 0.0931. The van der Waals surface area contributed by atoms with Gasteiger partial charge in [0.25, 0.3) is 22.6 Å². The number of rotatable bonds is 17. The molecule has 1 amide bonds. The second-order valence-electron chi connectivity index (χ2n) is 27.9. The number of carbonyl (C=O) groups excluding carboxylic acids is 1. The van der Waals surface area contributed by atoms with Crippen molar-refractivity contribution in [2.24, 2.45) is 0 Å². The summed E-state index contributed by atoms with van der Waals surface area (Å²) in [7, 11) is 0. The Bertz CT molecular complexity index is 7200. The number of carbonyl (C=O) groups is 1. The van der Waals surface area contributed by atoms with Gasteiger partial charge in [-0.3, -0.25) is 42.8 Å². The van der Waals surface area contributed by atoms with Gasteiger partial charge in [0, 0.05) is 47.1 Å². The van der Waals surface area contributed by atoms with Crippen LogP contribution in [0.4, 0.5) is 21.8 Å². The average Bonchev–Trinajstić information content (AvgIpc) is 0.908. The molecule has 12 aromatic heterocycles. The van der Waals surface area contributed by atoms with Crippen LogP contribution in [-0.2, 0) is 0 Å². The van der Waals surface area contributed by atoms with Crippen molar-refractivity contribution in [2.75, 3.05) is 16.0 Å². The van der Waals surface area contributed by atoms with Gasteiger partial charge in [0.2, 0.25) is 0 Å². The van der Waals surface area contributed by atoms with Gasteiger partial charge in [0.05, 0.1) is 114 Å². The van der Waals surface area contributed by atoms with Crippen molar-refractivity contribution < 1.29 is 9.18 Å². The number of aryl methyl sites for hydroxylation is 2. The number of nitrogens with one attached hydrogen (secondary N) is 7. The van der Waals surface area contributed by atoms with Crippen LogP contribution in [-0.4, -0.2) is 104 Å². The van der Waals surface area contributed by atoms with Crippen LogP contribution in [0.5, 0.6) is 0 Å². The van der Waals surface area contributed by atoms with Crippen LogP contribution >= 0.6 is 23.2 Å². The van der Waals surface area contributed by atoms with Crippen molar-refractivity contribution in [3.05, 3.63) is 343 Å². The number of amides is 1. The number of nitrogens with zero attached hydrogens (tertiary/aromatic N) is 17. The predicted molar refractivity (Wildman–Crippen MR) is 465 cm³/mol. The molecule has 0 aliphatic heterocycles. The van der Waals surface area contributed by atoms with Gasteiger partial charge in [-0.05, 0) is 155 Å². The van der Waals surface area contributed by atoms with Gasteiger partial charge in [0.1, 0.15) is 57.8 Å². The van der Waals surface area contributed by atoms with Gasteiger partial charge in [-0.15, -0.1) is 0 Å². The highest BCUT2D eigenvalue weighted by atomic mass is 35.5. The highest BCUT2D eigenvalue weighted by Crippen LogP contribution is 2.35. The Kier molecular flexibility index (Phi) is 22.7. The van der Waals surface area contributed by atoms with Crippen LogP contribution in [0.1, 0.15) is 103 Å². The minimum Gasteiger partial charge on any atom is -0.362 e. The molecule has 0 radical (unpaired) electrons. The van der Waals surface area contributed by atoms with Gasteiger partial charge in [-0.25, -0.2) is 64.2 Å². The minimum atomic E-state index is -0.588. The molecule has 0 saturated carbocycles. The maximum absolute atomic E-state index is 14.6. The summed E-state index contributed by atoms with van der Waals surface area (Å²) in [5, 5.41) is 16.6. The second kappa shape index (κ2) is 34.7. The Morgan fingerprint density at radius 3 is 1.71 bits per heavy atom. The number of hydrogen-bond donors (Lipinski definition) is 7. The van der Waals surface area contributed by atoms with Crippen LogP contribution in [0, 0.1) is 19.7 Å². The SMILES string of the molecule is CC[C@H](Nc1nccc2[nH]cnc12)c1nc2cccc(F)c2c(=O)n1-c1ccccc1.C[C@H](Nc1ncnc2nc[nH]c12)c1cc2cccc(Cl)c2c(=O)n1-c1ccccc1.Cc1ccc2cc([C@H](C)Nc3ncnc4nc[nH]c34)c(-c3ccccn3)nc2c1.Cc1nccnc1C(=O)N[C@@H](C)c1nc2cccc(Cl)c2c(=O)n1-c1ccccc1. The van der Waals surface area contributed by atoms with E-state index < -0.39 is 23.3 Å². The highest BCUT2D eigenvalue weighted by Gasteiger charge is 2.27. The number of H-pyrrole nitrogens is 3. The predicted octanol–water partition coefficient (Wildman–Crippen LogP) is 16.9. The molecule has 19 rings (SSSR count). The molecule has 0 bridgehead atoms. The molecule has 0 saturated heterocycles. The smallest absolute Gasteiger partial charge is 0.272 e. The molecule has 0 aliphatic carbocycles. The molecule has 594 valence electrons. The third-order valence-corrected chi connectivity index (χ3v) is 20.6. The molecule has 31 heteroatoms. The van der Waals surface area contributed by atoms with E-state index >= 15 is 0 Å². The van der Waals surface area contributed by atoms with Crippen LogP contribution < -0.4 is 37.9 Å². The molecule has 0 aliphatic rings. The zero-order valence-corrected chi connectivity index (χ0v) is 66.6. The standard InChI is InChI=1S/C23H19FN6O.C22H17ClN6O.C22H18ClN5O2.C22H19N7/c1-2-16(28-21-20-18(11-12-25-21)26-13-27-20)22-29-17-10-6-9-15(24)19(17)23(31)30(22)14-7-4-3-5-8-14;1-13(28-21-19-20(25-11-24-19)26-12-27-21)17-10-14-6-5-9-16(23)18(14)22(30)29(17)15-7-3-2-4-8-15;1-13-19(25-12-11-24-13)21(29)26-14(2)20-27-17-10-6-9-16(23)18(17)22(30)28(20)15-7-4-3-5-8-15;1-13-6-7-15-10-16(19(29-18(15)9-13)17-5-3-4-8-23-17)14(2)28-22-20-21(25-11-24-20)26-12-27-22/h3-13,16H,2H2,1H3,(H,25,28)(H,26,27);2-13H,1H3,(H2,24,25,26,27,28);3-12,14H,1-2H3,(H,26,29);3-12,14H,1-2H3,(H2,24,25,26,27,28)/t16-;13-;2*14-/m0000/s1. The van der Waals surface area contributed by atoms with Gasteiger partial charge >= 0.3 is 0 Å². The molecule has 0 fully saturated rings. The van der Waals surface area contributed by atoms with Crippen LogP contribution in [0.3, 0.4) is 0 Å². The second-order valence-corrected chi connectivity index (χ2v) is 28.7. The van der Waals surface area contributed by atoms with E-state index in [0.29, 0.717) is 107 Å². The number of benzene rings is 7. The van der Waals surface area contributed by atoms with Crippen molar-refractivity contribution in [2.45, 2.75) is 72.1 Å². The number of pyridine rings is 4. The van der Waals surface area contributed by atoms with E-state index in [4.69, 9.17) is 33.2 Å². The Morgan fingerprint density at radius 1 is 0.467 bits per heavy atom. The summed E-state index contributed by atoms with van der Waals surface area (Å²) in [5.74, 6) is 1.78. The number of aromatic nitrogens is 20. The Balaban J connectivity index is 0.000000119. The van der Waals surface area contributed by atoms with Gasteiger partial charge < -0.3 is 36.2 Å². The Labute approximate surface area is 692 Å². The number of para-hydroxylation sites is 3. The van der Waals surface area contributed by atoms with E-state index in [9.17, 15) is 23.6 Å². The molecule has 19 aromatic rings. The maximum Gasteiger partial charge on any atom is 0.272 e. The monoisotopic (exact) mass is 1630 g/mol. The maximum atomic E-state index is 14.6. The van der Waals surface area contributed by atoms with Crippen molar-refractivity contribution in [1.82, 2.24) is 104 Å². The van der Waals surface area contributed by atoms with Gasteiger partial charge in [-0.1, -0.05) is 127 Å². The molecule has 12 heterocycles. The third-order valence-electron chi connectivity index (χ3n) is 20.0. The molecule has 7 N–H and O–H groups in total. The van der Waals surface area contributed by atoms with E-state index in [0.717, 1.165) is 55.7 Å². The van der Waals surface area contributed by atoms with E-state index in [-0.39, 0.29) is 40.3 Å². The average molecular weight is 1630 g/mol. The molecule has 0 unspecified atom stereocenters. The summed E-state index contributed by atoms with van der Waals surface area (Å²) in [6.45, 7) is 11.6. The lowest BCUT2D eigenvalue weighted by atomic mass is 10.0. The molecular formula is C89H73Cl2FN24O4. The summed E-state index contributed by atoms with van der Waals surface area (Å²) in [4.78, 5) is 124. The largest absolute Gasteiger partial charge is 0.362 e. The minimum absolute atomic E-state index is 0.0301. The van der Waals surface area contributed by atoms with Crippen molar-refractivity contribution in [1.29, 1.82) is 0 Å². The number of fused-ring (bicyclic) bond motifs is 7. The lowest BCUT2D eigenvalue weighted by Gasteiger charge is -2.22. The van der Waals surface area contributed by atoms with Gasteiger partial charge in [0.15, 0.2) is 28.7 Å². The van der Waals surface area contributed by atoms with Crippen LogP contribution in [0.2, 0.25) is 10.0 Å². The fourth-order valence-corrected chi connectivity index (χ4v) is 14.7. The lowest BCUT2D eigenvalue weighted by Crippen LogP contribution is -2.34. The van der Waals surface area contributed by atoms with Crippen LogP contribution in [0.25, 0.3) is 105 Å². The summed E-state index contributed by atoms with van der Waals surface area (Å²) in [6.07, 6.45) is 14.8. The van der Waals surface area contributed by atoms with Crippen molar-refractivity contribution in [3.63, 3.8) is 0 Å². The molecule has 0 spiro atoms. The van der Waals surface area contributed by atoms with E-state index in [1.54, 1.807) is 110 Å². The van der Waals surface area contributed by atoms with Crippen molar-refractivity contribution in [3.8, 4) is 28.5 Å². The first-order chi connectivity index (χ1) is 58.5. The van der Waals surface area contributed by atoms with Gasteiger partial charge in [-0.2, -0.15) is 0 Å². The third kappa shape index (κ3) is 16.1. The quantitative estimate of drug-likeness (QED) is 0.0445. The molecule has 120 heavy (non-hydrogen) atoms. The first-order valence-electron chi connectivity index (χ1n) is 38.2. The van der Waals surface area contributed by atoms with Crippen LogP contribution in [0.15, 0.2) is 271 Å². The molecular weight excluding hydrogens is 1560 g/mol. The summed E-state index contributed by atoms with van der Waals surface area (Å²) in [5.41, 5.74) is 12.5. The summed E-state index contributed by atoms with van der Waals surface area (Å²) >= 11 is 12.7. The number of halogens is 3. The van der Waals surface area contributed by atoms with E-state index in [2.05, 4.69) is 134 Å². The number of anilines is 3. The number of aromatic amines is 3. The number of hydrogen-bond acceptors (Lipinski definition) is 21. The Hall–Kier alpha value is -15.2. The van der Waals surface area contributed by atoms with E-state index in [1.165, 1.54) is 45.8 Å².